The summed E-state index contributed by atoms with van der Waals surface area (Å²) in [4.78, 5) is 6.04. The van der Waals surface area contributed by atoms with Gasteiger partial charge in [0, 0.05) is 22.6 Å². The Morgan fingerprint density at radius 2 is 2.29 bits per heavy atom. The van der Waals surface area contributed by atoms with E-state index < -0.39 is 0 Å². The minimum atomic E-state index is 0.609. The van der Waals surface area contributed by atoms with Gasteiger partial charge in [-0.2, -0.15) is 11.8 Å². The molecule has 1 aliphatic rings. The average molecular weight is 270 g/mol. The molecular weight excluding hydrogens is 248 g/mol. The van der Waals surface area contributed by atoms with Crippen LogP contribution in [-0.4, -0.2) is 28.6 Å². The molecule has 1 fully saturated rings. The quantitative estimate of drug-likeness (QED) is 0.889. The van der Waals surface area contributed by atoms with Gasteiger partial charge < -0.3 is 5.32 Å². The third kappa shape index (κ3) is 3.46. The highest BCUT2D eigenvalue weighted by Gasteiger charge is 2.26. The van der Waals surface area contributed by atoms with E-state index in [0.29, 0.717) is 6.04 Å². The second-order valence-corrected chi connectivity index (χ2v) is 7.30. The zero-order valence-corrected chi connectivity index (χ0v) is 12.6. The fourth-order valence-corrected chi connectivity index (χ4v) is 4.72. The van der Waals surface area contributed by atoms with Gasteiger partial charge in [-0.05, 0) is 39.0 Å². The molecule has 17 heavy (non-hydrogen) atoms. The number of nitrogens with one attached hydrogen (secondary N) is 1. The number of likely N-dealkylation sites (N-methyl/N-ethyl adjacent to an activating group) is 1. The van der Waals surface area contributed by atoms with Crippen LogP contribution in [0.1, 0.15) is 35.3 Å². The van der Waals surface area contributed by atoms with Gasteiger partial charge in [0.2, 0.25) is 0 Å². The number of rotatable bonds is 5. The zero-order chi connectivity index (χ0) is 12.3. The Kier molecular flexibility index (Phi) is 4.88. The highest BCUT2D eigenvalue weighted by atomic mass is 32.2. The van der Waals surface area contributed by atoms with Crippen molar-refractivity contribution in [1.82, 2.24) is 10.3 Å². The summed E-state index contributed by atoms with van der Waals surface area (Å²) < 4.78 is 0. The minimum Gasteiger partial charge on any atom is -0.313 e. The molecule has 1 saturated heterocycles. The van der Waals surface area contributed by atoms with Gasteiger partial charge in [0.25, 0.3) is 0 Å². The van der Waals surface area contributed by atoms with Crippen molar-refractivity contribution in [3.8, 4) is 0 Å². The van der Waals surface area contributed by atoms with E-state index in [-0.39, 0.29) is 0 Å². The van der Waals surface area contributed by atoms with Gasteiger partial charge in [-0.15, -0.1) is 11.3 Å². The Hall–Kier alpha value is -0.0600. The van der Waals surface area contributed by atoms with Crippen LogP contribution in [0.3, 0.4) is 0 Å². The molecule has 2 nitrogen and oxygen atoms in total. The lowest BCUT2D eigenvalue weighted by Crippen LogP contribution is -2.38. The number of thiazole rings is 1. The first-order chi connectivity index (χ1) is 8.20. The van der Waals surface area contributed by atoms with Crippen molar-refractivity contribution in [1.29, 1.82) is 0 Å². The maximum Gasteiger partial charge on any atom is 0.0946 e. The van der Waals surface area contributed by atoms with E-state index in [1.165, 1.54) is 34.2 Å². The van der Waals surface area contributed by atoms with Crippen LogP contribution in [0.4, 0.5) is 0 Å². The highest BCUT2D eigenvalue weighted by molar-refractivity contribution is 8.00. The van der Waals surface area contributed by atoms with E-state index in [2.05, 4.69) is 42.8 Å². The molecule has 0 aliphatic carbocycles. The van der Waals surface area contributed by atoms with E-state index in [1.54, 1.807) is 0 Å². The van der Waals surface area contributed by atoms with Crippen LogP contribution < -0.4 is 5.32 Å². The molecule has 0 saturated carbocycles. The van der Waals surface area contributed by atoms with Crippen LogP contribution in [-0.2, 0) is 6.42 Å². The van der Waals surface area contributed by atoms with E-state index in [1.807, 2.05) is 11.3 Å². The summed E-state index contributed by atoms with van der Waals surface area (Å²) in [6, 6.07) is 0.609. The molecule has 0 bridgehead atoms. The molecule has 96 valence electrons. The summed E-state index contributed by atoms with van der Waals surface area (Å²) >= 11 is 4.00. The van der Waals surface area contributed by atoms with Gasteiger partial charge in [-0.1, -0.05) is 6.92 Å². The second-order valence-electron chi connectivity index (χ2n) is 4.67. The molecule has 1 aliphatic heterocycles. The van der Waals surface area contributed by atoms with Crippen molar-refractivity contribution in [3.05, 3.63) is 15.6 Å². The maximum absolute atomic E-state index is 4.67. The summed E-state index contributed by atoms with van der Waals surface area (Å²) in [6.45, 7) is 7.54. The summed E-state index contributed by atoms with van der Waals surface area (Å²) in [6.07, 6.45) is 3.85. The van der Waals surface area contributed by atoms with Crippen molar-refractivity contribution < 1.29 is 0 Å². The van der Waals surface area contributed by atoms with Crippen LogP contribution in [0.2, 0.25) is 0 Å². The maximum atomic E-state index is 4.67. The first-order valence-electron chi connectivity index (χ1n) is 6.48. The molecule has 1 aromatic rings. The minimum absolute atomic E-state index is 0.609. The van der Waals surface area contributed by atoms with Crippen molar-refractivity contribution in [2.45, 2.75) is 51.3 Å². The lowest BCUT2D eigenvalue weighted by atomic mass is 10.1. The fraction of sp³-hybridized carbons (Fsp3) is 0.769. The van der Waals surface area contributed by atoms with Gasteiger partial charge in [-0.25, -0.2) is 4.98 Å². The average Bonchev–Trinajstić information content (AvgIpc) is 2.89. The van der Waals surface area contributed by atoms with E-state index in [4.69, 9.17) is 0 Å². The number of aryl methyl sites for hydroxylation is 2. The Bertz CT molecular complexity index is 337. The molecule has 2 rings (SSSR count). The number of nitrogens with zero attached hydrogens (tertiary/aromatic N) is 1. The van der Waals surface area contributed by atoms with Gasteiger partial charge in [-0.3, -0.25) is 0 Å². The van der Waals surface area contributed by atoms with E-state index in [9.17, 15) is 0 Å². The third-order valence-corrected chi connectivity index (χ3v) is 5.96. The van der Waals surface area contributed by atoms with Gasteiger partial charge in [0.1, 0.15) is 0 Å². The van der Waals surface area contributed by atoms with Gasteiger partial charge in [0.05, 0.1) is 10.7 Å². The van der Waals surface area contributed by atoms with Crippen LogP contribution in [0.15, 0.2) is 0 Å². The fourth-order valence-electron chi connectivity index (χ4n) is 2.33. The standard InChI is InChI=1S/C13H22N2S2/c1-4-14-11(12-6-5-7-16-12)8-13-15-9(2)10(3)17-13/h11-12,14H,4-8H2,1-3H3. The SMILES string of the molecule is CCNC(Cc1nc(C)c(C)s1)C1CCCS1. The number of hydrogen-bond acceptors (Lipinski definition) is 4. The molecule has 2 unspecified atom stereocenters. The van der Waals surface area contributed by atoms with Crippen molar-refractivity contribution in [2.24, 2.45) is 0 Å². The first kappa shape index (κ1) is 13.4. The number of thioether (sulfide) groups is 1. The summed E-state index contributed by atoms with van der Waals surface area (Å²) in [5.41, 5.74) is 1.21. The topological polar surface area (TPSA) is 24.9 Å². The van der Waals surface area contributed by atoms with Gasteiger partial charge in [0.15, 0.2) is 0 Å². The molecule has 1 aromatic heterocycles. The van der Waals surface area contributed by atoms with Crippen molar-refractivity contribution in [2.75, 3.05) is 12.3 Å². The molecule has 4 heteroatoms. The molecule has 1 N–H and O–H groups in total. The smallest absolute Gasteiger partial charge is 0.0946 e. The van der Waals surface area contributed by atoms with Gasteiger partial charge >= 0.3 is 0 Å². The predicted octanol–water partition coefficient (Wildman–Crippen LogP) is 3.18. The zero-order valence-electron chi connectivity index (χ0n) is 11.0. The molecule has 2 atom stereocenters. The summed E-state index contributed by atoms with van der Waals surface area (Å²) in [5.74, 6) is 1.34. The second kappa shape index (κ2) is 6.21. The molecular formula is C13H22N2S2. The van der Waals surface area contributed by atoms with Crippen LogP contribution in [0.5, 0.6) is 0 Å². The predicted molar refractivity (Wildman–Crippen MR) is 78.2 cm³/mol. The molecule has 2 heterocycles. The normalized spacial score (nSPS) is 21.9. The van der Waals surface area contributed by atoms with Crippen molar-refractivity contribution >= 4 is 23.1 Å². The Morgan fingerprint density at radius 1 is 1.47 bits per heavy atom. The first-order valence-corrected chi connectivity index (χ1v) is 8.35. The summed E-state index contributed by atoms with van der Waals surface area (Å²) in [7, 11) is 0. The molecule has 0 aromatic carbocycles. The largest absolute Gasteiger partial charge is 0.313 e. The lowest BCUT2D eigenvalue weighted by Gasteiger charge is -2.22. The molecule has 0 amide bonds. The Balaban J connectivity index is 2.01. The molecule has 0 radical (unpaired) electrons. The van der Waals surface area contributed by atoms with Crippen LogP contribution in [0.25, 0.3) is 0 Å². The molecule has 0 spiro atoms. The third-order valence-electron chi connectivity index (χ3n) is 3.35. The lowest BCUT2D eigenvalue weighted by molar-refractivity contribution is 0.494. The highest BCUT2D eigenvalue weighted by Crippen LogP contribution is 2.31. The van der Waals surface area contributed by atoms with Crippen molar-refractivity contribution in [3.63, 3.8) is 0 Å². The number of aromatic nitrogens is 1. The Labute approximate surface area is 113 Å². The van der Waals surface area contributed by atoms with Crippen LogP contribution >= 0.6 is 23.1 Å². The summed E-state index contributed by atoms with van der Waals surface area (Å²) in [5, 5.41) is 5.74. The number of hydrogen-bond donors (Lipinski definition) is 1. The monoisotopic (exact) mass is 270 g/mol. The Morgan fingerprint density at radius 3 is 2.82 bits per heavy atom. The van der Waals surface area contributed by atoms with E-state index >= 15 is 0 Å². The van der Waals surface area contributed by atoms with Crippen LogP contribution in [0, 0.1) is 13.8 Å². The van der Waals surface area contributed by atoms with E-state index in [0.717, 1.165) is 18.2 Å².